The number of hydrogen-bond donors (Lipinski definition) is 2. The van der Waals surface area contributed by atoms with Crippen LogP contribution in [-0.4, -0.2) is 41.8 Å². The highest BCUT2D eigenvalue weighted by Gasteiger charge is 2.33. The fraction of sp³-hybridized carbons (Fsp3) is 0.286. The third kappa shape index (κ3) is 3.56. The SMILES string of the molecule is O=C1N[C@H](CC(=O)N2CC[C@H](c3ccccc3)C2)C(=O)Nc2ccccc21. The van der Waals surface area contributed by atoms with Crippen LogP contribution in [0.1, 0.15) is 34.7 Å². The van der Waals surface area contributed by atoms with Crippen molar-refractivity contribution in [1.82, 2.24) is 10.2 Å². The number of nitrogens with zero attached hydrogens (tertiary/aromatic N) is 1. The minimum Gasteiger partial charge on any atom is -0.342 e. The molecule has 138 valence electrons. The highest BCUT2D eigenvalue weighted by atomic mass is 16.2. The van der Waals surface area contributed by atoms with Crippen LogP contribution in [-0.2, 0) is 9.59 Å². The van der Waals surface area contributed by atoms with Crippen molar-refractivity contribution in [2.45, 2.75) is 24.8 Å². The number of para-hydroxylation sites is 1. The maximum absolute atomic E-state index is 12.7. The van der Waals surface area contributed by atoms with Gasteiger partial charge in [0.05, 0.1) is 17.7 Å². The molecule has 6 nitrogen and oxygen atoms in total. The monoisotopic (exact) mass is 363 g/mol. The third-order valence-electron chi connectivity index (χ3n) is 5.24. The molecule has 0 unspecified atom stereocenters. The lowest BCUT2D eigenvalue weighted by Gasteiger charge is -2.20. The van der Waals surface area contributed by atoms with Gasteiger partial charge in [0, 0.05) is 19.0 Å². The fourth-order valence-electron chi connectivity index (χ4n) is 3.74. The molecule has 0 spiro atoms. The van der Waals surface area contributed by atoms with E-state index < -0.39 is 6.04 Å². The van der Waals surface area contributed by atoms with E-state index in [9.17, 15) is 14.4 Å². The number of likely N-dealkylation sites (tertiary alicyclic amines) is 1. The van der Waals surface area contributed by atoms with Gasteiger partial charge in [-0.25, -0.2) is 0 Å². The van der Waals surface area contributed by atoms with Crippen LogP contribution in [0.3, 0.4) is 0 Å². The molecule has 4 rings (SSSR count). The number of nitrogens with one attached hydrogen (secondary N) is 2. The molecule has 2 N–H and O–H groups in total. The Morgan fingerprint density at radius 3 is 2.59 bits per heavy atom. The summed E-state index contributed by atoms with van der Waals surface area (Å²) in [6.45, 7) is 1.31. The number of carbonyl (C=O) groups excluding carboxylic acids is 3. The van der Waals surface area contributed by atoms with Crippen molar-refractivity contribution in [3.63, 3.8) is 0 Å². The summed E-state index contributed by atoms with van der Waals surface area (Å²) >= 11 is 0. The summed E-state index contributed by atoms with van der Waals surface area (Å²) in [6, 6.07) is 16.1. The lowest BCUT2D eigenvalue weighted by Crippen LogP contribution is -2.45. The second-order valence-corrected chi connectivity index (χ2v) is 7.00. The van der Waals surface area contributed by atoms with Gasteiger partial charge in [-0.05, 0) is 24.1 Å². The van der Waals surface area contributed by atoms with E-state index in [1.54, 1.807) is 29.2 Å². The zero-order valence-corrected chi connectivity index (χ0v) is 14.9. The Labute approximate surface area is 157 Å². The van der Waals surface area contributed by atoms with Crippen molar-refractivity contribution >= 4 is 23.4 Å². The van der Waals surface area contributed by atoms with E-state index in [1.165, 1.54) is 5.56 Å². The summed E-state index contributed by atoms with van der Waals surface area (Å²) in [5, 5.41) is 5.42. The summed E-state index contributed by atoms with van der Waals surface area (Å²) in [5.41, 5.74) is 2.11. The molecule has 2 heterocycles. The highest BCUT2D eigenvalue weighted by molar-refractivity contribution is 6.10. The summed E-state index contributed by atoms with van der Waals surface area (Å²) in [4.78, 5) is 39.3. The number of rotatable bonds is 3. The summed E-state index contributed by atoms with van der Waals surface area (Å²) in [5.74, 6) is -0.498. The van der Waals surface area contributed by atoms with Crippen LogP contribution >= 0.6 is 0 Å². The van der Waals surface area contributed by atoms with Gasteiger partial charge in [0.2, 0.25) is 11.8 Å². The van der Waals surface area contributed by atoms with Gasteiger partial charge in [-0.2, -0.15) is 0 Å². The second kappa shape index (κ2) is 7.23. The minimum atomic E-state index is -0.867. The lowest BCUT2D eigenvalue weighted by molar-refractivity contribution is -0.132. The van der Waals surface area contributed by atoms with E-state index in [1.807, 2.05) is 18.2 Å². The van der Waals surface area contributed by atoms with Crippen LogP contribution in [0.2, 0.25) is 0 Å². The third-order valence-corrected chi connectivity index (χ3v) is 5.24. The van der Waals surface area contributed by atoms with Gasteiger partial charge >= 0.3 is 0 Å². The first-order valence-electron chi connectivity index (χ1n) is 9.15. The van der Waals surface area contributed by atoms with Crippen LogP contribution in [0.25, 0.3) is 0 Å². The van der Waals surface area contributed by atoms with E-state index >= 15 is 0 Å². The molecular formula is C21H21N3O3. The maximum atomic E-state index is 12.7. The first-order chi connectivity index (χ1) is 13.1. The molecule has 2 aliphatic rings. The standard InChI is InChI=1S/C21H21N3O3/c25-19(24-11-10-15(13-24)14-6-2-1-3-7-14)12-18-21(27)22-17-9-5-4-8-16(17)20(26)23-18/h1-9,15,18H,10-13H2,(H,22,27)(H,23,26)/t15-,18+/m0/s1. The molecule has 0 aromatic heterocycles. The number of amides is 3. The number of anilines is 1. The van der Waals surface area contributed by atoms with Gasteiger partial charge in [-0.3, -0.25) is 14.4 Å². The van der Waals surface area contributed by atoms with Gasteiger partial charge < -0.3 is 15.5 Å². The fourth-order valence-corrected chi connectivity index (χ4v) is 3.74. The summed E-state index contributed by atoms with van der Waals surface area (Å²) < 4.78 is 0. The van der Waals surface area contributed by atoms with Crippen molar-refractivity contribution < 1.29 is 14.4 Å². The number of fused-ring (bicyclic) bond motifs is 1. The Bertz CT molecular complexity index is 881. The van der Waals surface area contributed by atoms with Crippen LogP contribution in [0.4, 0.5) is 5.69 Å². The van der Waals surface area contributed by atoms with Crippen molar-refractivity contribution in [3.05, 3.63) is 65.7 Å². The molecule has 2 atom stereocenters. The molecule has 2 aliphatic heterocycles. The van der Waals surface area contributed by atoms with Gasteiger partial charge in [-0.15, -0.1) is 0 Å². The van der Waals surface area contributed by atoms with Crippen LogP contribution < -0.4 is 10.6 Å². The van der Waals surface area contributed by atoms with Gasteiger partial charge in [0.1, 0.15) is 6.04 Å². The molecule has 3 amide bonds. The van der Waals surface area contributed by atoms with Gasteiger partial charge in [0.15, 0.2) is 0 Å². The van der Waals surface area contributed by atoms with Gasteiger partial charge in [0.25, 0.3) is 5.91 Å². The van der Waals surface area contributed by atoms with Crippen molar-refractivity contribution in [1.29, 1.82) is 0 Å². The Morgan fingerprint density at radius 1 is 1.04 bits per heavy atom. The van der Waals surface area contributed by atoms with E-state index in [4.69, 9.17) is 0 Å². The Balaban J connectivity index is 1.41. The molecule has 0 saturated carbocycles. The van der Waals surface area contributed by atoms with Crippen molar-refractivity contribution in [3.8, 4) is 0 Å². The molecule has 0 radical (unpaired) electrons. The molecular weight excluding hydrogens is 342 g/mol. The molecule has 0 aliphatic carbocycles. The predicted octanol–water partition coefficient (Wildman–Crippen LogP) is 2.14. The van der Waals surface area contributed by atoms with Crippen molar-refractivity contribution in [2.75, 3.05) is 18.4 Å². The average Bonchev–Trinajstić information content (AvgIpc) is 3.14. The smallest absolute Gasteiger partial charge is 0.254 e. The summed E-state index contributed by atoms with van der Waals surface area (Å²) in [7, 11) is 0. The second-order valence-electron chi connectivity index (χ2n) is 7.00. The van der Waals surface area contributed by atoms with E-state index in [0.29, 0.717) is 30.3 Å². The number of carbonyl (C=O) groups is 3. The maximum Gasteiger partial charge on any atom is 0.254 e. The average molecular weight is 363 g/mol. The quantitative estimate of drug-likeness (QED) is 0.877. The van der Waals surface area contributed by atoms with Crippen LogP contribution in [0.5, 0.6) is 0 Å². The first kappa shape index (κ1) is 17.3. The highest BCUT2D eigenvalue weighted by Crippen LogP contribution is 2.27. The zero-order chi connectivity index (χ0) is 18.8. The van der Waals surface area contributed by atoms with Crippen molar-refractivity contribution in [2.24, 2.45) is 0 Å². The lowest BCUT2D eigenvalue weighted by atomic mass is 9.99. The Kier molecular flexibility index (Phi) is 4.62. The molecule has 2 aromatic carbocycles. The van der Waals surface area contributed by atoms with E-state index in [-0.39, 0.29) is 24.1 Å². The van der Waals surface area contributed by atoms with E-state index in [2.05, 4.69) is 22.8 Å². The largest absolute Gasteiger partial charge is 0.342 e. The molecule has 6 heteroatoms. The minimum absolute atomic E-state index is 0.0347. The van der Waals surface area contributed by atoms with Crippen LogP contribution in [0.15, 0.2) is 54.6 Å². The molecule has 2 aromatic rings. The Hall–Kier alpha value is -3.15. The topological polar surface area (TPSA) is 78.5 Å². The summed E-state index contributed by atoms with van der Waals surface area (Å²) in [6.07, 6.45) is 0.873. The number of hydrogen-bond acceptors (Lipinski definition) is 3. The Morgan fingerprint density at radius 2 is 1.78 bits per heavy atom. The van der Waals surface area contributed by atoms with Crippen LogP contribution in [0, 0.1) is 0 Å². The predicted molar refractivity (Wildman–Crippen MR) is 101 cm³/mol. The number of benzene rings is 2. The van der Waals surface area contributed by atoms with E-state index in [0.717, 1.165) is 6.42 Å². The van der Waals surface area contributed by atoms with Gasteiger partial charge in [-0.1, -0.05) is 42.5 Å². The molecule has 27 heavy (non-hydrogen) atoms. The first-order valence-corrected chi connectivity index (χ1v) is 9.15. The molecule has 1 saturated heterocycles. The molecule has 0 bridgehead atoms. The normalized spacial score (nSPS) is 21.9. The zero-order valence-electron chi connectivity index (χ0n) is 14.9. The molecule has 1 fully saturated rings.